The Morgan fingerprint density at radius 1 is 1.17 bits per heavy atom. The number of halogens is 1. The first kappa shape index (κ1) is 15.8. The minimum atomic E-state index is -1.20. The predicted molar refractivity (Wildman–Crippen MR) is 87.4 cm³/mol. The fourth-order valence-corrected chi connectivity index (χ4v) is 2.57. The summed E-state index contributed by atoms with van der Waals surface area (Å²) in [6, 6.07) is 8.27. The maximum absolute atomic E-state index is 12.7. The van der Waals surface area contributed by atoms with Crippen molar-refractivity contribution in [3.8, 4) is 22.8 Å². The van der Waals surface area contributed by atoms with Gasteiger partial charge in [0.15, 0.2) is 0 Å². The second kappa shape index (κ2) is 5.86. The molecule has 3 aromatic rings. The number of carboxylic acids is 1. The number of benzene rings is 2. The second-order valence-electron chi connectivity index (χ2n) is 5.08. The third-order valence-corrected chi connectivity index (χ3v) is 3.67. The van der Waals surface area contributed by atoms with Crippen LogP contribution in [0.5, 0.6) is 11.5 Å². The summed E-state index contributed by atoms with van der Waals surface area (Å²) >= 11 is 5.92. The molecule has 0 amide bonds. The highest BCUT2D eigenvalue weighted by Gasteiger charge is 2.17. The molecule has 0 atom stereocenters. The Kier molecular flexibility index (Phi) is 3.86. The van der Waals surface area contributed by atoms with Crippen LogP contribution < -0.4 is 5.56 Å². The van der Waals surface area contributed by atoms with Crippen LogP contribution in [0.4, 0.5) is 0 Å². The summed E-state index contributed by atoms with van der Waals surface area (Å²) in [5.74, 6) is -1.71. The Labute approximate surface area is 140 Å². The smallest absolute Gasteiger partial charge is 0.323 e. The lowest BCUT2D eigenvalue weighted by atomic mass is 10.1. The summed E-state index contributed by atoms with van der Waals surface area (Å²) < 4.78 is 1.03. The quantitative estimate of drug-likeness (QED) is 0.670. The number of nitrogens with zero attached hydrogens (tertiary/aromatic N) is 2. The number of carbonyl (C=O) groups is 1. The molecular weight excluding hydrogens is 336 g/mol. The lowest BCUT2D eigenvalue weighted by Gasteiger charge is -2.11. The van der Waals surface area contributed by atoms with Crippen molar-refractivity contribution in [2.75, 3.05) is 0 Å². The number of aromatic nitrogens is 2. The molecule has 24 heavy (non-hydrogen) atoms. The van der Waals surface area contributed by atoms with Crippen molar-refractivity contribution in [2.24, 2.45) is 0 Å². The fraction of sp³-hybridized carbons (Fsp3) is 0.0625. The Bertz CT molecular complexity index is 1030. The van der Waals surface area contributed by atoms with Gasteiger partial charge < -0.3 is 15.3 Å². The molecule has 8 heteroatoms. The van der Waals surface area contributed by atoms with Gasteiger partial charge in [-0.25, -0.2) is 4.98 Å². The molecule has 0 aliphatic carbocycles. The van der Waals surface area contributed by atoms with Gasteiger partial charge in [0.25, 0.3) is 5.56 Å². The number of aromatic hydroxyl groups is 2. The molecule has 0 radical (unpaired) electrons. The van der Waals surface area contributed by atoms with Crippen LogP contribution in [0.3, 0.4) is 0 Å². The zero-order valence-corrected chi connectivity index (χ0v) is 12.9. The molecule has 2 aromatic carbocycles. The molecule has 1 aromatic heterocycles. The lowest BCUT2D eigenvalue weighted by Crippen LogP contribution is -2.27. The monoisotopic (exact) mass is 346 g/mol. The van der Waals surface area contributed by atoms with E-state index in [0.29, 0.717) is 10.5 Å². The number of phenols is 2. The van der Waals surface area contributed by atoms with E-state index in [1.807, 2.05) is 0 Å². The molecule has 1 heterocycles. The Hall–Kier alpha value is -3.06. The third-order valence-electron chi connectivity index (χ3n) is 3.44. The van der Waals surface area contributed by atoms with Crippen molar-refractivity contribution in [2.45, 2.75) is 6.54 Å². The minimum Gasteiger partial charge on any atom is -0.508 e. The fourth-order valence-electron chi connectivity index (χ4n) is 2.40. The molecule has 7 nitrogen and oxygen atoms in total. The second-order valence-corrected chi connectivity index (χ2v) is 5.52. The van der Waals surface area contributed by atoms with Crippen LogP contribution in [-0.4, -0.2) is 30.8 Å². The van der Waals surface area contributed by atoms with E-state index in [1.165, 1.54) is 18.2 Å². The summed E-state index contributed by atoms with van der Waals surface area (Å²) in [5.41, 5.74) is -0.0924. The molecule has 0 aliphatic rings. The van der Waals surface area contributed by atoms with E-state index in [9.17, 15) is 19.8 Å². The lowest BCUT2D eigenvalue weighted by molar-refractivity contribution is -0.137. The highest BCUT2D eigenvalue weighted by Crippen LogP contribution is 2.30. The van der Waals surface area contributed by atoms with Crippen molar-refractivity contribution in [3.63, 3.8) is 0 Å². The van der Waals surface area contributed by atoms with Crippen molar-refractivity contribution in [1.29, 1.82) is 0 Å². The van der Waals surface area contributed by atoms with Gasteiger partial charge in [0.2, 0.25) is 0 Å². The van der Waals surface area contributed by atoms with E-state index >= 15 is 0 Å². The topological polar surface area (TPSA) is 113 Å². The summed E-state index contributed by atoms with van der Waals surface area (Å²) in [5, 5.41) is 28.8. The molecule has 0 unspecified atom stereocenters. The molecule has 3 rings (SSSR count). The van der Waals surface area contributed by atoms with E-state index in [2.05, 4.69) is 4.98 Å². The average molecular weight is 347 g/mol. The van der Waals surface area contributed by atoms with Gasteiger partial charge in [-0.1, -0.05) is 11.6 Å². The number of phenolic OH excluding ortho intramolecular Hbond substituents is 2. The third kappa shape index (κ3) is 2.77. The van der Waals surface area contributed by atoms with Crippen LogP contribution in [0.1, 0.15) is 0 Å². The number of hydrogen-bond acceptors (Lipinski definition) is 5. The van der Waals surface area contributed by atoms with Gasteiger partial charge in [0.05, 0.1) is 11.0 Å². The summed E-state index contributed by atoms with van der Waals surface area (Å²) in [6.45, 7) is -0.579. The predicted octanol–water partition coefficient (Wildman–Crippen LogP) is 2.21. The van der Waals surface area contributed by atoms with Crippen LogP contribution in [0.2, 0.25) is 5.02 Å². The minimum absolute atomic E-state index is 0.0915. The van der Waals surface area contributed by atoms with Gasteiger partial charge in [0, 0.05) is 16.7 Å². The first-order valence-electron chi connectivity index (χ1n) is 6.81. The summed E-state index contributed by atoms with van der Waals surface area (Å²) in [4.78, 5) is 28.0. The van der Waals surface area contributed by atoms with Gasteiger partial charge in [-0.3, -0.25) is 14.2 Å². The Morgan fingerprint density at radius 2 is 1.92 bits per heavy atom. The molecule has 0 bridgehead atoms. The Balaban J connectivity index is 2.37. The molecule has 0 saturated heterocycles. The maximum atomic E-state index is 12.7. The Morgan fingerprint density at radius 3 is 2.58 bits per heavy atom. The van der Waals surface area contributed by atoms with Crippen molar-refractivity contribution < 1.29 is 20.1 Å². The van der Waals surface area contributed by atoms with Gasteiger partial charge in [-0.15, -0.1) is 0 Å². The van der Waals surface area contributed by atoms with Gasteiger partial charge in [0.1, 0.15) is 23.7 Å². The van der Waals surface area contributed by atoms with E-state index < -0.39 is 18.1 Å². The van der Waals surface area contributed by atoms with E-state index in [1.54, 1.807) is 12.1 Å². The first-order valence-corrected chi connectivity index (χ1v) is 7.19. The van der Waals surface area contributed by atoms with Gasteiger partial charge >= 0.3 is 5.97 Å². The van der Waals surface area contributed by atoms with Crippen molar-refractivity contribution in [3.05, 3.63) is 51.8 Å². The SMILES string of the molecule is O=C(O)Cn1c(=O)c(-c2ccc(O)cc2O)nc2ccc(Cl)cc21. The van der Waals surface area contributed by atoms with Crippen LogP contribution >= 0.6 is 11.6 Å². The molecular formula is C16H11ClN2O5. The molecule has 0 spiro atoms. The normalized spacial score (nSPS) is 10.9. The number of hydrogen-bond donors (Lipinski definition) is 3. The first-order chi connectivity index (χ1) is 11.4. The zero-order valence-electron chi connectivity index (χ0n) is 12.1. The standard InChI is InChI=1S/C16H11ClN2O5/c17-8-1-4-11-12(5-8)19(7-14(22)23)16(24)15(18-11)10-3-2-9(20)6-13(10)21/h1-6,20-21H,7H2,(H,22,23). The molecule has 3 N–H and O–H groups in total. The number of carboxylic acid groups (broad SMARTS) is 1. The summed E-state index contributed by atoms with van der Waals surface area (Å²) in [7, 11) is 0. The molecule has 0 fully saturated rings. The van der Waals surface area contributed by atoms with Gasteiger partial charge in [-0.05, 0) is 30.3 Å². The molecule has 122 valence electrons. The highest BCUT2D eigenvalue weighted by atomic mass is 35.5. The van der Waals surface area contributed by atoms with Crippen LogP contribution in [-0.2, 0) is 11.3 Å². The number of fused-ring (bicyclic) bond motifs is 1. The molecule has 0 aliphatic heterocycles. The van der Waals surface area contributed by atoms with Crippen LogP contribution in [0, 0.1) is 0 Å². The van der Waals surface area contributed by atoms with Crippen LogP contribution in [0.25, 0.3) is 22.3 Å². The van der Waals surface area contributed by atoms with E-state index in [0.717, 1.165) is 10.6 Å². The highest BCUT2D eigenvalue weighted by molar-refractivity contribution is 6.31. The van der Waals surface area contributed by atoms with Crippen molar-refractivity contribution >= 4 is 28.6 Å². The number of rotatable bonds is 3. The van der Waals surface area contributed by atoms with Gasteiger partial charge in [-0.2, -0.15) is 0 Å². The molecule has 0 saturated carbocycles. The van der Waals surface area contributed by atoms with E-state index in [4.69, 9.17) is 16.7 Å². The maximum Gasteiger partial charge on any atom is 0.323 e. The number of aliphatic carboxylic acids is 1. The average Bonchev–Trinajstić information content (AvgIpc) is 2.50. The van der Waals surface area contributed by atoms with E-state index in [-0.39, 0.29) is 28.3 Å². The van der Waals surface area contributed by atoms with Crippen molar-refractivity contribution in [1.82, 2.24) is 9.55 Å². The largest absolute Gasteiger partial charge is 0.508 e. The van der Waals surface area contributed by atoms with Crippen LogP contribution in [0.15, 0.2) is 41.2 Å². The zero-order chi connectivity index (χ0) is 17.4. The summed E-state index contributed by atoms with van der Waals surface area (Å²) in [6.07, 6.45) is 0.